The second kappa shape index (κ2) is 5.01. The predicted octanol–water partition coefficient (Wildman–Crippen LogP) is 1.11. The fourth-order valence-corrected chi connectivity index (χ4v) is 2.36. The van der Waals surface area contributed by atoms with Crippen molar-refractivity contribution in [3.8, 4) is 0 Å². The van der Waals surface area contributed by atoms with Gasteiger partial charge in [0.05, 0.1) is 4.92 Å². The highest BCUT2D eigenvalue weighted by atomic mass is 19.4. The maximum absolute atomic E-state index is 13.1. The molecule has 0 aromatic carbocycles. The Balaban J connectivity index is 2.59. The first kappa shape index (κ1) is 16.9. The van der Waals surface area contributed by atoms with E-state index < -0.39 is 40.5 Å². The van der Waals surface area contributed by atoms with Gasteiger partial charge in [0.2, 0.25) is 5.69 Å². The van der Waals surface area contributed by atoms with Crippen molar-refractivity contribution in [1.82, 2.24) is 14.8 Å². The lowest BCUT2D eigenvalue weighted by Gasteiger charge is -2.32. The fourth-order valence-electron chi connectivity index (χ4n) is 2.36. The van der Waals surface area contributed by atoms with Gasteiger partial charge in [-0.05, 0) is 13.8 Å². The van der Waals surface area contributed by atoms with Crippen LogP contribution in [0.25, 0.3) is 0 Å². The zero-order chi connectivity index (χ0) is 17.7. The lowest BCUT2D eigenvalue weighted by Crippen LogP contribution is -2.56. The molecule has 1 aromatic rings. The summed E-state index contributed by atoms with van der Waals surface area (Å²) < 4.78 is 40.2. The van der Waals surface area contributed by atoms with Gasteiger partial charge in [-0.1, -0.05) is 0 Å². The molecule has 1 N–H and O–H groups in total. The molecule has 1 amide bonds. The largest absolute Gasteiger partial charge is 0.438 e. The molecule has 0 aliphatic carbocycles. The molecule has 0 saturated carbocycles. The van der Waals surface area contributed by atoms with E-state index in [-0.39, 0.29) is 16.4 Å². The number of rotatable bonds is 2. The van der Waals surface area contributed by atoms with Crippen LogP contribution in [0.15, 0.2) is 5.10 Å². The van der Waals surface area contributed by atoms with E-state index in [2.05, 4.69) is 10.2 Å². The number of carbonyl (C=O) groups is 1. The zero-order valence-corrected chi connectivity index (χ0v) is 12.2. The molecule has 2 rings (SSSR count). The summed E-state index contributed by atoms with van der Waals surface area (Å²) in [6, 6.07) is 0. The van der Waals surface area contributed by atoms with E-state index in [1.807, 2.05) is 0 Å². The number of amides is 1. The second-order valence-corrected chi connectivity index (χ2v) is 5.11. The summed E-state index contributed by atoms with van der Waals surface area (Å²) in [5.41, 5.74) is -5.27. The number of aromatic nitrogens is 2. The Morgan fingerprint density at radius 1 is 1.43 bits per heavy atom. The number of nitrogens with zero attached hydrogens (tertiary/aromatic N) is 5. The van der Waals surface area contributed by atoms with Crippen molar-refractivity contribution < 1.29 is 28.0 Å². The number of halogens is 3. The molecule has 12 heteroatoms. The number of aliphatic hydroxyl groups is 1. The first-order valence-corrected chi connectivity index (χ1v) is 6.26. The maximum Gasteiger partial charge on any atom is 0.438 e. The van der Waals surface area contributed by atoms with Crippen LogP contribution in [0.5, 0.6) is 0 Å². The summed E-state index contributed by atoms with van der Waals surface area (Å²) in [5.74, 6) is -1.46. The number of hydrogen-bond donors (Lipinski definition) is 1. The number of aryl methyl sites for hydroxylation is 2. The van der Waals surface area contributed by atoms with Crippen LogP contribution < -0.4 is 0 Å². The fraction of sp³-hybridized carbons (Fsp3) is 0.545. The summed E-state index contributed by atoms with van der Waals surface area (Å²) in [7, 11) is 1.17. The van der Waals surface area contributed by atoms with Crippen LogP contribution in [0, 0.1) is 17.0 Å². The van der Waals surface area contributed by atoms with Crippen LogP contribution in [-0.2, 0) is 7.05 Å². The monoisotopic (exact) mass is 335 g/mol. The molecule has 1 aliphatic rings. The van der Waals surface area contributed by atoms with Crippen molar-refractivity contribution in [3.63, 3.8) is 0 Å². The topological polar surface area (TPSA) is 114 Å². The van der Waals surface area contributed by atoms with Gasteiger partial charge in [0.15, 0.2) is 0 Å². The lowest BCUT2D eigenvalue weighted by atomic mass is 10.1. The minimum absolute atomic E-state index is 0.139. The van der Waals surface area contributed by atoms with E-state index in [0.29, 0.717) is 0 Å². The molecular formula is C11H12F3N5O4. The molecule has 0 saturated heterocycles. The number of hydrazone groups is 1. The molecular weight excluding hydrogens is 323 g/mol. The smallest absolute Gasteiger partial charge is 0.362 e. The van der Waals surface area contributed by atoms with Gasteiger partial charge in [0.25, 0.3) is 5.72 Å². The molecule has 0 bridgehead atoms. The molecule has 2 heterocycles. The molecule has 126 valence electrons. The SMILES string of the molecule is CC1=NN(C(=O)c2c([N+](=O)[O-])c(C)nn2C)[C@@](O)(C(F)(F)F)C1. The quantitative estimate of drug-likeness (QED) is 0.642. The highest BCUT2D eigenvalue weighted by Gasteiger charge is 2.63. The van der Waals surface area contributed by atoms with Gasteiger partial charge in [0, 0.05) is 19.2 Å². The minimum atomic E-state index is -5.19. The number of nitro groups is 1. The van der Waals surface area contributed by atoms with Crippen molar-refractivity contribution in [2.45, 2.75) is 32.2 Å². The highest BCUT2D eigenvalue weighted by Crippen LogP contribution is 2.41. The predicted molar refractivity (Wildman–Crippen MR) is 69.5 cm³/mol. The maximum atomic E-state index is 13.1. The Bertz CT molecular complexity index is 726. The van der Waals surface area contributed by atoms with E-state index in [9.17, 15) is 33.2 Å². The Kier molecular flexibility index (Phi) is 3.67. The van der Waals surface area contributed by atoms with Crippen molar-refractivity contribution in [3.05, 3.63) is 21.5 Å². The van der Waals surface area contributed by atoms with E-state index in [1.165, 1.54) is 20.9 Å². The van der Waals surface area contributed by atoms with Crippen LogP contribution in [0.2, 0.25) is 0 Å². The van der Waals surface area contributed by atoms with Gasteiger partial charge in [0.1, 0.15) is 5.69 Å². The third-order valence-corrected chi connectivity index (χ3v) is 3.35. The third-order valence-electron chi connectivity index (χ3n) is 3.35. The van der Waals surface area contributed by atoms with Crippen LogP contribution in [0.1, 0.15) is 29.5 Å². The molecule has 1 atom stereocenters. The summed E-state index contributed by atoms with van der Waals surface area (Å²) in [5, 5.41) is 27.8. The number of carbonyl (C=O) groups excluding carboxylic acids is 1. The standard InChI is InChI=1S/C11H12F3N5O4/c1-5-4-10(21,11(12,13)14)18(15-5)9(20)8-7(19(22)23)6(2)16-17(8)3/h21H,4H2,1-3H3/t10-/m0/s1. The molecule has 23 heavy (non-hydrogen) atoms. The van der Waals surface area contributed by atoms with E-state index in [4.69, 9.17) is 0 Å². The highest BCUT2D eigenvalue weighted by molar-refractivity contribution is 5.99. The first-order valence-electron chi connectivity index (χ1n) is 6.26. The summed E-state index contributed by atoms with van der Waals surface area (Å²) in [6.45, 7) is 2.44. The van der Waals surface area contributed by atoms with E-state index >= 15 is 0 Å². The van der Waals surface area contributed by atoms with Gasteiger partial charge in [-0.15, -0.1) is 0 Å². The van der Waals surface area contributed by atoms with Crippen LogP contribution in [0.3, 0.4) is 0 Å². The first-order chi connectivity index (χ1) is 10.4. The van der Waals surface area contributed by atoms with E-state index in [0.717, 1.165) is 4.68 Å². The Hall–Kier alpha value is -2.50. The van der Waals surface area contributed by atoms with Crippen LogP contribution in [-0.4, -0.2) is 48.3 Å². The van der Waals surface area contributed by atoms with Crippen LogP contribution >= 0.6 is 0 Å². The number of alkyl halides is 3. The lowest BCUT2D eigenvalue weighted by molar-refractivity contribution is -0.385. The molecule has 0 unspecified atom stereocenters. The van der Waals surface area contributed by atoms with Crippen LogP contribution in [0.4, 0.5) is 18.9 Å². The van der Waals surface area contributed by atoms with Crippen molar-refractivity contribution >= 4 is 17.3 Å². The van der Waals surface area contributed by atoms with Gasteiger partial charge in [-0.3, -0.25) is 19.6 Å². The zero-order valence-electron chi connectivity index (χ0n) is 12.2. The molecule has 9 nitrogen and oxygen atoms in total. The Morgan fingerprint density at radius 3 is 2.48 bits per heavy atom. The summed E-state index contributed by atoms with van der Waals surface area (Å²) >= 11 is 0. The average molecular weight is 335 g/mol. The average Bonchev–Trinajstić information content (AvgIpc) is 2.85. The van der Waals surface area contributed by atoms with Crippen molar-refractivity contribution in [2.75, 3.05) is 0 Å². The Morgan fingerprint density at radius 2 is 2.00 bits per heavy atom. The molecule has 1 aromatic heterocycles. The molecule has 0 radical (unpaired) electrons. The molecule has 1 aliphatic heterocycles. The summed E-state index contributed by atoms with van der Waals surface area (Å²) in [4.78, 5) is 22.5. The third kappa shape index (κ3) is 2.44. The minimum Gasteiger partial charge on any atom is -0.362 e. The van der Waals surface area contributed by atoms with Crippen molar-refractivity contribution in [2.24, 2.45) is 12.1 Å². The van der Waals surface area contributed by atoms with Gasteiger partial charge >= 0.3 is 17.8 Å². The molecule has 0 fully saturated rings. The number of hydrogen-bond acceptors (Lipinski definition) is 6. The van der Waals surface area contributed by atoms with Gasteiger partial charge in [-0.25, -0.2) is 0 Å². The van der Waals surface area contributed by atoms with Gasteiger partial charge in [-0.2, -0.15) is 28.4 Å². The van der Waals surface area contributed by atoms with E-state index in [1.54, 1.807) is 0 Å². The van der Waals surface area contributed by atoms with Crippen molar-refractivity contribution in [1.29, 1.82) is 0 Å². The second-order valence-electron chi connectivity index (χ2n) is 5.11. The Labute approximate surface area is 127 Å². The van der Waals surface area contributed by atoms with Gasteiger partial charge < -0.3 is 5.11 Å². The normalized spacial score (nSPS) is 21.5. The summed E-state index contributed by atoms with van der Waals surface area (Å²) in [6.07, 6.45) is -6.13. The molecule has 0 spiro atoms.